The van der Waals surface area contributed by atoms with Crippen LogP contribution in [0.3, 0.4) is 0 Å². The second-order valence-corrected chi connectivity index (χ2v) is 5.42. The van der Waals surface area contributed by atoms with E-state index in [9.17, 15) is 4.79 Å². The van der Waals surface area contributed by atoms with Gasteiger partial charge < -0.3 is 20.3 Å². The fraction of sp³-hybridized carbons (Fsp3) is 0.600. The van der Waals surface area contributed by atoms with Crippen molar-refractivity contribution in [1.29, 1.82) is 0 Å². The number of amides is 2. The molecule has 0 spiro atoms. The van der Waals surface area contributed by atoms with Crippen LogP contribution in [0.5, 0.6) is 5.88 Å². The summed E-state index contributed by atoms with van der Waals surface area (Å²) in [5, 5.41) is 5.71. The molecule has 2 N–H and O–H groups in total. The molecular weight excluding hydrogens is 268 g/mol. The highest BCUT2D eigenvalue weighted by Crippen LogP contribution is 2.14. The number of aromatic nitrogens is 1. The SMILES string of the molecule is CCOc1ccc(NC(=O)NCC2CCCN(C)C2)cn1. The zero-order valence-corrected chi connectivity index (χ0v) is 12.8. The fourth-order valence-electron chi connectivity index (χ4n) is 2.54. The predicted molar refractivity (Wildman–Crippen MR) is 82.6 cm³/mol. The number of anilines is 1. The fourth-order valence-corrected chi connectivity index (χ4v) is 2.54. The number of nitrogens with zero attached hydrogens (tertiary/aromatic N) is 2. The summed E-state index contributed by atoms with van der Waals surface area (Å²) in [4.78, 5) is 18.3. The summed E-state index contributed by atoms with van der Waals surface area (Å²) >= 11 is 0. The third kappa shape index (κ3) is 5.23. The quantitative estimate of drug-likeness (QED) is 0.870. The second-order valence-electron chi connectivity index (χ2n) is 5.42. The summed E-state index contributed by atoms with van der Waals surface area (Å²) in [5.41, 5.74) is 0.664. The number of carbonyl (C=O) groups is 1. The van der Waals surface area contributed by atoms with Crippen molar-refractivity contribution in [2.45, 2.75) is 19.8 Å². The highest BCUT2D eigenvalue weighted by Gasteiger charge is 2.17. The molecule has 21 heavy (non-hydrogen) atoms. The van der Waals surface area contributed by atoms with E-state index in [0.29, 0.717) is 30.6 Å². The number of piperidine rings is 1. The van der Waals surface area contributed by atoms with E-state index in [1.807, 2.05) is 6.92 Å². The highest BCUT2D eigenvalue weighted by atomic mass is 16.5. The lowest BCUT2D eigenvalue weighted by molar-refractivity contribution is 0.204. The molecule has 6 heteroatoms. The lowest BCUT2D eigenvalue weighted by Gasteiger charge is -2.29. The Morgan fingerprint density at radius 2 is 2.38 bits per heavy atom. The smallest absolute Gasteiger partial charge is 0.319 e. The minimum atomic E-state index is -0.186. The van der Waals surface area contributed by atoms with Crippen LogP contribution in [0.1, 0.15) is 19.8 Å². The first-order valence-corrected chi connectivity index (χ1v) is 7.49. The van der Waals surface area contributed by atoms with Gasteiger partial charge >= 0.3 is 6.03 Å². The molecule has 1 aliphatic heterocycles. The molecule has 6 nitrogen and oxygen atoms in total. The van der Waals surface area contributed by atoms with Crippen LogP contribution in [-0.2, 0) is 0 Å². The number of rotatable bonds is 5. The van der Waals surface area contributed by atoms with Crippen molar-refractivity contribution in [2.24, 2.45) is 5.92 Å². The molecule has 1 aromatic rings. The minimum Gasteiger partial charge on any atom is -0.478 e. The van der Waals surface area contributed by atoms with Crippen LogP contribution in [0.2, 0.25) is 0 Å². The van der Waals surface area contributed by atoms with Crippen LogP contribution >= 0.6 is 0 Å². The van der Waals surface area contributed by atoms with Gasteiger partial charge in [0.25, 0.3) is 0 Å². The molecule has 0 bridgehead atoms. The summed E-state index contributed by atoms with van der Waals surface area (Å²) in [6.07, 6.45) is 3.97. The second kappa shape index (κ2) is 7.83. The van der Waals surface area contributed by atoms with E-state index >= 15 is 0 Å². The van der Waals surface area contributed by atoms with Crippen LogP contribution in [0.15, 0.2) is 18.3 Å². The first-order valence-electron chi connectivity index (χ1n) is 7.49. The topological polar surface area (TPSA) is 66.5 Å². The van der Waals surface area contributed by atoms with E-state index in [2.05, 4.69) is 27.6 Å². The average molecular weight is 292 g/mol. The Bertz CT molecular complexity index is 449. The molecule has 2 heterocycles. The monoisotopic (exact) mass is 292 g/mol. The van der Waals surface area contributed by atoms with Gasteiger partial charge in [0.15, 0.2) is 0 Å². The van der Waals surface area contributed by atoms with Crippen molar-refractivity contribution in [3.63, 3.8) is 0 Å². The molecule has 0 saturated carbocycles. The number of pyridine rings is 1. The summed E-state index contributed by atoms with van der Waals surface area (Å²) in [5.74, 6) is 1.10. The molecule has 2 rings (SSSR count). The van der Waals surface area contributed by atoms with Gasteiger partial charge in [0.2, 0.25) is 5.88 Å². The molecule has 1 saturated heterocycles. The maximum atomic E-state index is 11.9. The van der Waals surface area contributed by atoms with E-state index in [0.717, 1.165) is 13.1 Å². The van der Waals surface area contributed by atoms with Crippen LogP contribution in [-0.4, -0.2) is 49.2 Å². The number of ether oxygens (including phenoxy) is 1. The Morgan fingerprint density at radius 1 is 1.52 bits per heavy atom. The van der Waals surface area contributed by atoms with Gasteiger partial charge in [0.1, 0.15) is 0 Å². The predicted octanol–water partition coefficient (Wildman–Crippen LogP) is 1.94. The molecule has 1 aliphatic rings. The van der Waals surface area contributed by atoms with Crippen molar-refractivity contribution in [3.8, 4) is 5.88 Å². The molecule has 2 amide bonds. The van der Waals surface area contributed by atoms with E-state index in [1.54, 1.807) is 18.3 Å². The first kappa shape index (κ1) is 15.6. The van der Waals surface area contributed by atoms with Crippen molar-refractivity contribution in [3.05, 3.63) is 18.3 Å². The maximum Gasteiger partial charge on any atom is 0.319 e. The summed E-state index contributed by atoms with van der Waals surface area (Å²) in [7, 11) is 2.12. The molecule has 1 fully saturated rings. The van der Waals surface area contributed by atoms with E-state index in [1.165, 1.54) is 12.8 Å². The van der Waals surface area contributed by atoms with Crippen LogP contribution < -0.4 is 15.4 Å². The molecule has 1 atom stereocenters. The molecule has 1 aromatic heterocycles. The Labute approximate surface area is 125 Å². The third-order valence-corrected chi connectivity index (χ3v) is 3.56. The zero-order valence-electron chi connectivity index (χ0n) is 12.8. The van der Waals surface area contributed by atoms with Crippen molar-refractivity contribution >= 4 is 11.7 Å². The number of hydrogen-bond donors (Lipinski definition) is 2. The van der Waals surface area contributed by atoms with Crippen LogP contribution in [0, 0.1) is 5.92 Å². The van der Waals surface area contributed by atoms with Gasteiger partial charge in [-0.1, -0.05) is 0 Å². The lowest BCUT2D eigenvalue weighted by Crippen LogP contribution is -2.40. The Kier molecular flexibility index (Phi) is 5.80. The van der Waals surface area contributed by atoms with Crippen molar-refractivity contribution < 1.29 is 9.53 Å². The van der Waals surface area contributed by atoms with Gasteiger partial charge in [-0.05, 0) is 45.3 Å². The standard InChI is InChI=1S/C15H24N4O2/c1-3-21-14-7-6-13(10-16-14)18-15(20)17-9-12-5-4-8-19(2)11-12/h6-7,10,12H,3-5,8-9,11H2,1-2H3,(H2,17,18,20). The normalized spacial score (nSPS) is 19.0. The van der Waals surface area contributed by atoms with E-state index < -0.39 is 0 Å². The molecule has 1 unspecified atom stereocenters. The van der Waals surface area contributed by atoms with Gasteiger partial charge in [-0.3, -0.25) is 0 Å². The van der Waals surface area contributed by atoms with Crippen molar-refractivity contribution in [1.82, 2.24) is 15.2 Å². The largest absolute Gasteiger partial charge is 0.478 e. The maximum absolute atomic E-state index is 11.9. The van der Waals surface area contributed by atoms with Crippen LogP contribution in [0.4, 0.5) is 10.5 Å². The number of carbonyl (C=O) groups excluding carboxylic acids is 1. The Morgan fingerprint density at radius 3 is 3.05 bits per heavy atom. The number of likely N-dealkylation sites (tertiary alicyclic amines) is 1. The van der Waals surface area contributed by atoms with Gasteiger partial charge in [-0.2, -0.15) is 0 Å². The molecule has 0 radical (unpaired) electrons. The average Bonchev–Trinajstić information content (AvgIpc) is 2.48. The first-order chi connectivity index (χ1) is 10.2. The molecular formula is C15H24N4O2. The molecule has 0 aliphatic carbocycles. The summed E-state index contributed by atoms with van der Waals surface area (Å²) in [6, 6.07) is 3.34. The number of nitrogens with one attached hydrogen (secondary N) is 2. The Hall–Kier alpha value is -1.82. The van der Waals surface area contributed by atoms with Gasteiger partial charge in [-0.25, -0.2) is 9.78 Å². The van der Waals surface area contributed by atoms with Gasteiger partial charge in [0.05, 0.1) is 18.5 Å². The minimum absolute atomic E-state index is 0.186. The summed E-state index contributed by atoms with van der Waals surface area (Å²) in [6.45, 7) is 5.39. The highest BCUT2D eigenvalue weighted by molar-refractivity contribution is 5.88. The van der Waals surface area contributed by atoms with Gasteiger partial charge in [-0.15, -0.1) is 0 Å². The van der Waals surface area contributed by atoms with E-state index in [4.69, 9.17) is 4.74 Å². The van der Waals surface area contributed by atoms with Gasteiger partial charge in [0, 0.05) is 19.2 Å². The zero-order chi connectivity index (χ0) is 15.1. The number of hydrogen-bond acceptors (Lipinski definition) is 4. The molecule has 116 valence electrons. The molecule has 0 aromatic carbocycles. The number of urea groups is 1. The Balaban J connectivity index is 1.73. The summed E-state index contributed by atoms with van der Waals surface area (Å²) < 4.78 is 5.26. The van der Waals surface area contributed by atoms with Crippen LogP contribution in [0.25, 0.3) is 0 Å². The van der Waals surface area contributed by atoms with Crippen molar-refractivity contribution in [2.75, 3.05) is 38.6 Å². The van der Waals surface area contributed by atoms with E-state index in [-0.39, 0.29) is 6.03 Å². The lowest BCUT2D eigenvalue weighted by atomic mass is 9.99. The third-order valence-electron chi connectivity index (χ3n) is 3.56.